The third-order valence-corrected chi connectivity index (χ3v) is 6.99. The van der Waals surface area contributed by atoms with Crippen LogP contribution < -0.4 is 15.0 Å². The maximum atomic E-state index is 12.1. The molecule has 0 aliphatic carbocycles. The average Bonchev–Trinajstić information content (AvgIpc) is 2.74. The van der Waals surface area contributed by atoms with E-state index in [1.807, 2.05) is 12.1 Å². The molecule has 1 aliphatic rings. The highest BCUT2D eigenvalue weighted by molar-refractivity contribution is 7.91. The summed E-state index contributed by atoms with van der Waals surface area (Å²) in [7, 11) is -3.18. The highest BCUT2D eigenvalue weighted by atomic mass is 35.5. The molecule has 156 valence electrons. The number of nitrogens with one attached hydrogen (secondary N) is 1. The fourth-order valence-corrected chi connectivity index (χ4v) is 4.27. The molecule has 0 aromatic heterocycles. The van der Waals surface area contributed by atoms with Crippen LogP contribution in [-0.2, 0) is 14.6 Å². The molecule has 1 aliphatic heterocycles. The standard InChI is InChI=1S/C21H25ClN2O4S/c1-2-29(26,27)20-9-5-18(6-10-20)24-13-11-17(12-14-24)23-21(25)15-28-19-7-3-16(22)4-8-19/h3-10,17H,2,11-15H2,1H3,(H,23,25). The van der Waals surface area contributed by atoms with E-state index < -0.39 is 9.84 Å². The second kappa shape index (κ2) is 9.50. The molecule has 0 saturated carbocycles. The molecule has 0 unspecified atom stereocenters. The van der Waals surface area contributed by atoms with Gasteiger partial charge in [0, 0.05) is 29.8 Å². The topological polar surface area (TPSA) is 75.7 Å². The summed E-state index contributed by atoms with van der Waals surface area (Å²) < 4.78 is 29.3. The van der Waals surface area contributed by atoms with Crippen molar-refractivity contribution >= 4 is 33.0 Å². The Bertz CT molecular complexity index is 922. The summed E-state index contributed by atoms with van der Waals surface area (Å²) in [5.41, 5.74) is 0.996. The number of nitrogens with zero attached hydrogens (tertiary/aromatic N) is 1. The normalized spacial score (nSPS) is 15.2. The molecular formula is C21H25ClN2O4S. The zero-order valence-electron chi connectivity index (χ0n) is 16.3. The van der Waals surface area contributed by atoms with Crippen LogP contribution in [0.5, 0.6) is 5.75 Å². The van der Waals surface area contributed by atoms with Crippen LogP contribution in [0.15, 0.2) is 53.4 Å². The van der Waals surface area contributed by atoms with Gasteiger partial charge in [-0.05, 0) is 61.4 Å². The summed E-state index contributed by atoms with van der Waals surface area (Å²) in [6, 6.07) is 14.0. The van der Waals surface area contributed by atoms with E-state index in [9.17, 15) is 13.2 Å². The van der Waals surface area contributed by atoms with Crippen LogP contribution in [0, 0.1) is 0 Å². The fourth-order valence-electron chi connectivity index (χ4n) is 3.26. The second-order valence-electron chi connectivity index (χ2n) is 6.97. The smallest absolute Gasteiger partial charge is 0.258 e. The minimum absolute atomic E-state index is 0.0325. The summed E-state index contributed by atoms with van der Waals surface area (Å²) >= 11 is 5.83. The highest BCUT2D eigenvalue weighted by Crippen LogP contribution is 2.22. The van der Waals surface area contributed by atoms with Gasteiger partial charge < -0.3 is 15.0 Å². The molecule has 6 nitrogen and oxygen atoms in total. The first-order valence-corrected chi connectivity index (χ1v) is 11.7. The Morgan fingerprint density at radius 2 is 1.72 bits per heavy atom. The van der Waals surface area contributed by atoms with Crippen molar-refractivity contribution in [1.82, 2.24) is 5.32 Å². The molecule has 0 atom stereocenters. The van der Waals surface area contributed by atoms with Crippen LogP contribution in [0.3, 0.4) is 0 Å². The van der Waals surface area contributed by atoms with Gasteiger partial charge in [-0.3, -0.25) is 4.79 Å². The molecule has 1 saturated heterocycles. The molecule has 1 fully saturated rings. The van der Waals surface area contributed by atoms with E-state index in [1.165, 1.54) is 0 Å². The zero-order chi connectivity index (χ0) is 20.9. The third kappa shape index (κ3) is 5.87. The van der Waals surface area contributed by atoms with E-state index in [2.05, 4.69) is 10.2 Å². The lowest BCUT2D eigenvalue weighted by atomic mass is 10.0. The van der Waals surface area contributed by atoms with Gasteiger partial charge in [-0.1, -0.05) is 18.5 Å². The Balaban J connectivity index is 1.45. The van der Waals surface area contributed by atoms with Crippen LogP contribution in [-0.4, -0.2) is 45.8 Å². The third-order valence-electron chi connectivity index (χ3n) is 4.98. The number of amides is 1. The van der Waals surface area contributed by atoms with Gasteiger partial charge in [0.05, 0.1) is 10.6 Å². The Hall–Kier alpha value is -2.25. The van der Waals surface area contributed by atoms with Crippen molar-refractivity contribution in [2.75, 3.05) is 30.3 Å². The van der Waals surface area contributed by atoms with E-state index in [0.717, 1.165) is 31.6 Å². The first-order chi connectivity index (χ1) is 13.9. The molecule has 2 aromatic carbocycles. The number of benzene rings is 2. The molecular weight excluding hydrogens is 412 g/mol. The van der Waals surface area contributed by atoms with Gasteiger partial charge in [0.15, 0.2) is 16.4 Å². The lowest BCUT2D eigenvalue weighted by molar-refractivity contribution is -0.123. The number of ether oxygens (including phenoxy) is 1. The molecule has 1 N–H and O–H groups in total. The van der Waals surface area contributed by atoms with E-state index in [-0.39, 0.29) is 24.3 Å². The highest BCUT2D eigenvalue weighted by Gasteiger charge is 2.21. The summed E-state index contributed by atoms with van der Waals surface area (Å²) in [4.78, 5) is 14.7. The summed E-state index contributed by atoms with van der Waals surface area (Å²) in [6.45, 7) is 3.20. The van der Waals surface area contributed by atoms with E-state index in [0.29, 0.717) is 15.7 Å². The predicted octanol–water partition coefficient (Wildman–Crippen LogP) is 3.30. The maximum Gasteiger partial charge on any atom is 0.258 e. The SMILES string of the molecule is CCS(=O)(=O)c1ccc(N2CCC(NC(=O)COc3ccc(Cl)cc3)CC2)cc1. The number of carbonyl (C=O) groups is 1. The Labute approximate surface area is 176 Å². The molecule has 2 aromatic rings. The molecule has 1 amide bonds. The number of carbonyl (C=O) groups excluding carboxylic acids is 1. The van der Waals surface area contributed by atoms with Crippen molar-refractivity contribution in [3.05, 3.63) is 53.6 Å². The van der Waals surface area contributed by atoms with Gasteiger partial charge in [0.2, 0.25) is 0 Å². The maximum absolute atomic E-state index is 12.1. The van der Waals surface area contributed by atoms with Gasteiger partial charge in [-0.2, -0.15) is 0 Å². The average molecular weight is 437 g/mol. The number of sulfone groups is 1. The van der Waals surface area contributed by atoms with Crippen LogP contribution in [0.4, 0.5) is 5.69 Å². The molecule has 29 heavy (non-hydrogen) atoms. The number of halogens is 1. The largest absolute Gasteiger partial charge is 0.484 e. The Morgan fingerprint density at radius 3 is 2.31 bits per heavy atom. The minimum Gasteiger partial charge on any atom is -0.484 e. The van der Waals surface area contributed by atoms with Gasteiger partial charge >= 0.3 is 0 Å². The molecule has 1 heterocycles. The fraction of sp³-hybridized carbons (Fsp3) is 0.381. The molecule has 0 bridgehead atoms. The van der Waals surface area contributed by atoms with Crippen LogP contribution in [0.25, 0.3) is 0 Å². The van der Waals surface area contributed by atoms with Crippen molar-refractivity contribution in [2.24, 2.45) is 0 Å². The minimum atomic E-state index is -3.18. The van der Waals surface area contributed by atoms with Gasteiger partial charge in [0.25, 0.3) is 5.91 Å². The summed E-state index contributed by atoms with van der Waals surface area (Å²) in [6.07, 6.45) is 1.64. The zero-order valence-corrected chi connectivity index (χ0v) is 17.9. The van der Waals surface area contributed by atoms with Crippen molar-refractivity contribution in [1.29, 1.82) is 0 Å². The number of rotatable bonds is 7. The molecule has 3 rings (SSSR count). The Kier molecular flexibility index (Phi) is 7.03. The number of piperidine rings is 1. The summed E-state index contributed by atoms with van der Waals surface area (Å²) in [5.74, 6) is 0.555. The predicted molar refractivity (Wildman–Crippen MR) is 114 cm³/mol. The molecule has 8 heteroatoms. The van der Waals surface area contributed by atoms with Gasteiger partial charge in [-0.25, -0.2) is 8.42 Å². The quantitative estimate of drug-likeness (QED) is 0.720. The first kappa shape index (κ1) is 21.5. The second-order valence-corrected chi connectivity index (χ2v) is 9.68. The van der Waals surface area contributed by atoms with Crippen molar-refractivity contribution < 1.29 is 17.9 Å². The number of hydrogen-bond donors (Lipinski definition) is 1. The van der Waals surface area contributed by atoms with Crippen molar-refractivity contribution in [3.8, 4) is 5.75 Å². The van der Waals surface area contributed by atoms with Gasteiger partial charge in [-0.15, -0.1) is 0 Å². The van der Waals surface area contributed by atoms with Crippen molar-refractivity contribution in [3.63, 3.8) is 0 Å². The molecule has 0 spiro atoms. The van der Waals surface area contributed by atoms with E-state index in [4.69, 9.17) is 16.3 Å². The van der Waals surface area contributed by atoms with E-state index >= 15 is 0 Å². The lowest BCUT2D eigenvalue weighted by Gasteiger charge is -2.34. The van der Waals surface area contributed by atoms with Crippen molar-refractivity contribution in [2.45, 2.75) is 30.7 Å². The van der Waals surface area contributed by atoms with Crippen LogP contribution in [0.1, 0.15) is 19.8 Å². The van der Waals surface area contributed by atoms with Crippen LogP contribution >= 0.6 is 11.6 Å². The Morgan fingerprint density at radius 1 is 1.10 bits per heavy atom. The van der Waals surface area contributed by atoms with E-state index in [1.54, 1.807) is 43.3 Å². The van der Waals surface area contributed by atoms with Gasteiger partial charge in [0.1, 0.15) is 5.75 Å². The summed E-state index contributed by atoms with van der Waals surface area (Å²) in [5, 5.41) is 3.63. The number of anilines is 1. The monoisotopic (exact) mass is 436 g/mol. The first-order valence-electron chi connectivity index (χ1n) is 9.63. The van der Waals surface area contributed by atoms with Crippen LogP contribution in [0.2, 0.25) is 5.02 Å². The molecule has 0 radical (unpaired) electrons. The number of hydrogen-bond acceptors (Lipinski definition) is 5. The lowest BCUT2D eigenvalue weighted by Crippen LogP contribution is -2.46.